The Kier molecular flexibility index (Phi) is 5.50. The lowest BCUT2D eigenvalue weighted by Gasteiger charge is -2.31. The highest BCUT2D eigenvalue weighted by atomic mass is 16.3. The number of ketones is 1. The van der Waals surface area contributed by atoms with E-state index in [1.165, 1.54) is 5.56 Å². The van der Waals surface area contributed by atoms with Gasteiger partial charge in [0.25, 0.3) is 11.7 Å². The minimum atomic E-state index is -0.579. The molecule has 1 aliphatic carbocycles. The predicted octanol–water partition coefficient (Wildman–Crippen LogP) is 5.23. The number of nitrogens with zero attached hydrogens (tertiary/aromatic N) is 1. The van der Waals surface area contributed by atoms with Gasteiger partial charge >= 0.3 is 0 Å². The highest BCUT2D eigenvalue weighted by molar-refractivity contribution is 6.46. The summed E-state index contributed by atoms with van der Waals surface area (Å²) in [4.78, 5) is 28.1. The molecule has 1 saturated carbocycles. The Morgan fingerprint density at radius 1 is 1.03 bits per heavy atom. The average Bonchev–Trinajstić information content (AvgIpc) is 3.36. The molecule has 0 spiro atoms. The SMILES string of the molecule is CCc1ccc(C2/C(=C(\O)c3cc(C)ccc3C)C(=O)C(=O)N2C2CCCC2)cc1. The maximum Gasteiger partial charge on any atom is 0.295 e. The molecule has 0 radical (unpaired) electrons. The molecule has 1 atom stereocenters. The fraction of sp³-hybridized carbons (Fsp3) is 0.385. The van der Waals surface area contributed by atoms with Gasteiger partial charge in [-0.1, -0.05) is 61.7 Å². The molecule has 1 unspecified atom stereocenters. The number of rotatable bonds is 4. The zero-order chi connectivity index (χ0) is 21.4. The second-order valence-electron chi connectivity index (χ2n) is 8.56. The molecular weight excluding hydrogens is 374 g/mol. The van der Waals surface area contributed by atoms with Gasteiger partial charge < -0.3 is 10.0 Å². The molecule has 2 aromatic rings. The Morgan fingerprint density at radius 2 is 1.70 bits per heavy atom. The molecule has 1 N–H and O–H groups in total. The Hall–Kier alpha value is -2.88. The summed E-state index contributed by atoms with van der Waals surface area (Å²) in [5.41, 5.74) is 4.79. The molecule has 0 bridgehead atoms. The zero-order valence-electron chi connectivity index (χ0n) is 17.9. The van der Waals surface area contributed by atoms with Gasteiger partial charge in [-0.2, -0.15) is 0 Å². The monoisotopic (exact) mass is 403 g/mol. The van der Waals surface area contributed by atoms with Crippen LogP contribution in [0.5, 0.6) is 0 Å². The number of carbonyl (C=O) groups is 2. The standard InChI is InChI=1S/C26H29NO3/c1-4-18-11-13-19(14-12-18)23-22(24(28)21-15-16(2)9-10-17(21)3)25(29)26(30)27(23)20-7-5-6-8-20/h9-15,20,23,28H,4-8H2,1-3H3/b24-22+. The van der Waals surface area contributed by atoms with Gasteiger partial charge in [-0.05, 0) is 55.9 Å². The Bertz CT molecular complexity index is 1010. The predicted molar refractivity (Wildman–Crippen MR) is 118 cm³/mol. The van der Waals surface area contributed by atoms with Crippen LogP contribution in [0.4, 0.5) is 0 Å². The highest BCUT2D eigenvalue weighted by Gasteiger charge is 2.49. The molecule has 4 rings (SSSR count). The summed E-state index contributed by atoms with van der Waals surface area (Å²) in [6.45, 7) is 5.96. The molecule has 1 aliphatic heterocycles. The second-order valence-corrected chi connectivity index (χ2v) is 8.56. The summed E-state index contributed by atoms with van der Waals surface area (Å²) in [5.74, 6) is -1.14. The summed E-state index contributed by atoms with van der Waals surface area (Å²) in [5, 5.41) is 11.3. The number of hydrogen-bond donors (Lipinski definition) is 1. The number of amides is 1. The first-order valence-electron chi connectivity index (χ1n) is 10.9. The van der Waals surface area contributed by atoms with Gasteiger partial charge in [0.2, 0.25) is 0 Å². The van der Waals surface area contributed by atoms with E-state index in [1.54, 1.807) is 4.90 Å². The number of likely N-dealkylation sites (tertiary alicyclic amines) is 1. The van der Waals surface area contributed by atoms with Crippen molar-refractivity contribution < 1.29 is 14.7 Å². The van der Waals surface area contributed by atoms with E-state index in [1.807, 2.05) is 56.3 Å². The summed E-state index contributed by atoms with van der Waals surface area (Å²) >= 11 is 0. The molecular formula is C26H29NO3. The number of hydrogen-bond acceptors (Lipinski definition) is 3. The maximum absolute atomic E-state index is 13.2. The molecule has 4 nitrogen and oxygen atoms in total. The molecule has 2 aromatic carbocycles. The number of carbonyl (C=O) groups excluding carboxylic acids is 2. The van der Waals surface area contributed by atoms with E-state index in [0.29, 0.717) is 5.56 Å². The molecule has 1 saturated heterocycles. The molecule has 2 fully saturated rings. The molecule has 0 aromatic heterocycles. The molecule has 2 aliphatic rings. The lowest BCUT2D eigenvalue weighted by molar-refractivity contribution is -0.141. The number of Topliss-reactive ketones (excluding diaryl/α,β-unsaturated/α-hetero) is 1. The number of aliphatic hydroxyl groups excluding tert-OH is 1. The third kappa shape index (κ3) is 3.45. The van der Waals surface area contributed by atoms with Crippen LogP contribution in [0.2, 0.25) is 0 Å². The van der Waals surface area contributed by atoms with Crippen molar-refractivity contribution in [3.63, 3.8) is 0 Å². The van der Waals surface area contributed by atoms with Gasteiger partial charge in [-0.3, -0.25) is 9.59 Å². The largest absolute Gasteiger partial charge is 0.507 e. The Balaban J connectivity index is 1.90. The van der Waals surface area contributed by atoms with Gasteiger partial charge in [-0.15, -0.1) is 0 Å². The van der Waals surface area contributed by atoms with Crippen LogP contribution in [0.25, 0.3) is 5.76 Å². The lowest BCUT2D eigenvalue weighted by Crippen LogP contribution is -2.37. The van der Waals surface area contributed by atoms with E-state index in [0.717, 1.165) is 48.8 Å². The molecule has 1 amide bonds. The van der Waals surface area contributed by atoms with Crippen molar-refractivity contribution in [2.24, 2.45) is 0 Å². The van der Waals surface area contributed by atoms with E-state index in [9.17, 15) is 14.7 Å². The summed E-state index contributed by atoms with van der Waals surface area (Å²) in [6, 6.07) is 13.4. The van der Waals surface area contributed by atoms with E-state index < -0.39 is 17.7 Å². The minimum absolute atomic E-state index is 0.0428. The number of benzene rings is 2. The van der Waals surface area contributed by atoms with Gasteiger partial charge in [0.15, 0.2) is 0 Å². The topological polar surface area (TPSA) is 57.6 Å². The number of aliphatic hydroxyl groups is 1. The highest BCUT2D eigenvalue weighted by Crippen LogP contribution is 2.43. The third-order valence-electron chi connectivity index (χ3n) is 6.55. The Morgan fingerprint density at radius 3 is 2.33 bits per heavy atom. The van der Waals surface area contributed by atoms with Crippen LogP contribution in [0.15, 0.2) is 48.0 Å². The lowest BCUT2D eigenvalue weighted by atomic mass is 9.92. The van der Waals surface area contributed by atoms with Crippen LogP contribution < -0.4 is 0 Å². The van der Waals surface area contributed by atoms with Crippen molar-refractivity contribution in [2.75, 3.05) is 0 Å². The smallest absolute Gasteiger partial charge is 0.295 e. The van der Waals surface area contributed by atoms with Crippen LogP contribution in [-0.4, -0.2) is 27.7 Å². The zero-order valence-corrected chi connectivity index (χ0v) is 17.9. The van der Waals surface area contributed by atoms with Crippen molar-refractivity contribution in [1.82, 2.24) is 4.90 Å². The van der Waals surface area contributed by atoms with Gasteiger partial charge in [-0.25, -0.2) is 0 Å². The summed E-state index contributed by atoms with van der Waals surface area (Å²) < 4.78 is 0. The molecule has 1 heterocycles. The van der Waals surface area contributed by atoms with Gasteiger partial charge in [0.05, 0.1) is 11.6 Å². The van der Waals surface area contributed by atoms with E-state index in [2.05, 4.69) is 6.92 Å². The maximum atomic E-state index is 13.2. The summed E-state index contributed by atoms with van der Waals surface area (Å²) in [6.07, 6.45) is 4.85. The third-order valence-corrected chi connectivity index (χ3v) is 6.55. The van der Waals surface area contributed by atoms with Crippen LogP contribution in [0.3, 0.4) is 0 Å². The van der Waals surface area contributed by atoms with E-state index >= 15 is 0 Å². The van der Waals surface area contributed by atoms with Crippen LogP contribution in [0, 0.1) is 13.8 Å². The second kappa shape index (κ2) is 8.10. The fourth-order valence-electron chi connectivity index (χ4n) is 4.81. The van der Waals surface area contributed by atoms with Crippen molar-refractivity contribution in [2.45, 2.75) is 65.0 Å². The first-order chi connectivity index (χ1) is 14.4. The minimum Gasteiger partial charge on any atom is -0.507 e. The van der Waals surface area contributed by atoms with E-state index in [-0.39, 0.29) is 17.4 Å². The van der Waals surface area contributed by atoms with Crippen molar-refractivity contribution in [3.8, 4) is 0 Å². The quantitative estimate of drug-likeness (QED) is 0.432. The fourth-order valence-corrected chi connectivity index (χ4v) is 4.81. The van der Waals surface area contributed by atoms with Crippen LogP contribution >= 0.6 is 0 Å². The van der Waals surface area contributed by atoms with Crippen molar-refractivity contribution in [3.05, 3.63) is 75.9 Å². The average molecular weight is 404 g/mol. The summed E-state index contributed by atoms with van der Waals surface area (Å²) in [7, 11) is 0. The van der Waals surface area contributed by atoms with Gasteiger partial charge in [0, 0.05) is 11.6 Å². The van der Waals surface area contributed by atoms with Crippen molar-refractivity contribution >= 4 is 17.4 Å². The van der Waals surface area contributed by atoms with Crippen LogP contribution in [0.1, 0.15) is 66.5 Å². The first kappa shape index (κ1) is 20.4. The normalized spacial score (nSPS) is 21.6. The Labute approximate surface area is 178 Å². The van der Waals surface area contributed by atoms with Crippen LogP contribution in [-0.2, 0) is 16.0 Å². The van der Waals surface area contributed by atoms with E-state index in [4.69, 9.17) is 0 Å². The molecule has 156 valence electrons. The van der Waals surface area contributed by atoms with Gasteiger partial charge in [0.1, 0.15) is 5.76 Å². The molecule has 4 heteroatoms. The first-order valence-corrected chi connectivity index (χ1v) is 10.9. The van der Waals surface area contributed by atoms with Crippen molar-refractivity contribution in [1.29, 1.82) is 0 Å². The molecule has 30 heavy (non-hydrogen) atoms. The number of aryl methyl sites for hydroxylation is 3.